The van der Waals surface area contributed by atoms with Crippen LogP contribution in [0.4, 0.5) is 4.39 Å². The maximum Gasteiger partial charge on any atom is 0.123 e. The van der Waals surface area contributed by atoms with Gasteiger partial charge in [-0.3, -0.25) is 0 Å². The van der Waals surface area contributed by atoms with E-state index in [1.54, 1.807) is 6.07 Å². The summed E-state index contributed by atoms with van der Waals surface area (Å²) in [7, 11) is 0. The zero-order valence-electron chi connectivity index (χ0n) is 12.8. The molecule has 0 unspecified atom stereocenters. The van der Waals surface area contributed by atoms with E-state index in [0.29, 0.717) is 6.54 Å². The van der Waals surface area contributed by atoms with Crippen molar-refractivity contribution < 1.29 is 4.39 Å². The highest BCUT2D eigenvalue weighted by atomic mass is 35.5. The minimum Gasteiger partial charge on any atom is -0.313 e. The molecule has 0 radical (unpaired) electrons. The van der Waals surface area contributed by atoms with Gasteiger partial charge in [-0.05, 0) is 78.9 Å². The molecule has 0 saturated heterocycles. The monoisotopic (exact) mass is 305 g/mol. The fraction of sp³-hybridized carbons (Fsp3) is 0.333. The van der Waals surface area contributed by atoms with Crippen LogP contribution in [-0.4, -0.2) is 6.54 Å². The lowest BCUT2D eigenvalue weighted by atomic mass is 9.94. The summed E-state index contributed by atoms with van der Waals surface area (Å²) in [5.41, 5.74) is 5.30. The first-order chi connectivity index (χ1) is 10.0. The van der Waals surface area contributed by atoms with Crippen LogP contribution in [0.3, 0.4) is 0 Å². The Morgan fingerprint density at radius 1 is 1.05 bits per heavy atom. The van der Waals surface area contributed by atoms with E-state index in [9.17, 15) is 4.39 Å². The Hall–Kier alpha value is -1.38. The van der Waals surface area contributed by atoms with Crippen molar-refractivity contribution in [1.29, 1.82) is 0 Å². The van der Waals surface area contributed by atoms with Crippen LogP contribution in [0.25, 0.3) is 11.1 Å². The normalized spacial score (nSPS) is 10.9. The van der Waals surface area contributed by atoms with Crippen molar-refractivity contribution in [2.45, 2.75) is 33.7 Å². The molecular weight excluding hydrogens is 285 g/mol. The van der Waals surface area contributed by atoms with Gasteiger partial charge in [0.05, 0.1) is 0 Å². The average molecular weight is 306 g/mol. The van der Waals surface area contributed by atoms with E-state index in [1.165, 1.54) is 6.07 Å². The lowest BCUT2D eigenvalue weighted by Gasteiger charge is -2.14. The van der Waals surface area contributed by atoms with Gasteiger partial charge in [0, 0.05) is 11.6 Å². The van der Waals surface area contributed by atoms with Gasteiger partial charge < -0.3 is 5.32 Å². The molecule has 0 aliphatic rings. The summed E-state index contributed by atoms with van der Waals surface area (Å²) in [6.07, 6.45) is 1.06. The number of aryl methyl sites for hydroxylation is 2. The smallest absolute Gasteiger partial charge is 0.123 e. The van der Waals surface area contributed by atoms with Crippen molar-refractivity contribution in [2.24, 2.45) is 0 Å². The summed E-state index contributed by atoms with van der Waals surface area (Å²) in [5.74, 6) is -0.199. The largest absolute Gasteiger partial charge is 0.313 e. The van der Waals surface area contributed by atoms with Crippen LogP contribution >= 0.6 is 11.6 Å². The van der Waals surface area contributed by atoms with E-state index >= 15 is 0 Å². The molecule has 2 aromatic rings. The highest BCUT2D eigenvalue weighted by Crippen LogP contribution is 2.31. The molecule has 2 aromatic carbocycles. The number of benzene rings is 2. The fourth-order valence-corrected chi connectivity index (χ4v) is 2.66. The molecule has 0 bridgehead atoms. The molecule has 0 aliphatic carbocycles. The van der Waals surface area contributed by atoms with Crippen molar-refractivity contribution in [3.8, 4) is 11.1 Å². The van der Waals surface area contributed by atoms with Gasteiger partial charge in [0.25, 0.3) is 0 Å². The molecule has 0 spiro atoms. The molecule has 2 rings (SSSR count). The molecule has 1 N–H and O–H groups in total. The van der Waals surface area contributed by atoms with Gasteiger partial charge in [-0.1, -0.05) is 24.6 Å². The number of nitrogens with one attached hydrogen (secondary N) is 1. The second-order valence-electron chi connectivity index (χ2n) is 5.39. The maximum atomic E-state index is 13.6. The van der Waals surface area contributed by atoms with Crippen molar-refractivity contribution in [3.05, 3.63) is 57.9 Å². The lowest BCUT2D eigenvalue weighted by molar-refractivity contribution is 0.619. The third-order valence-electron chi connectivity index (χ3n) is 3.61. The number of halogens is 2. The van der Waals surface area contributed by atoms with E-state index in [1.807, 2.05) is 26.0 Å². The number of hydrogen-bond acceptors (Lipinski definition) is 1. The highest BCUT2D eigenvalue weighted by Gasteiger charge is 2.10. The average Bonchev–Trinajstić information content (AvgIpc) is 2.44. The van der Waals surface area contributed by atoms with Gasteiger partial charge in [0.2, 0.25) is 0 Å². The molecule has 0 aliphatic heterocycles. The first kappa shape index (κ1) is 16.0. The Morgan fingerprint density at radius 2 is 1.81 bits per heavy atom. The fourth-order valence-electron chi connectivity index (χ4n) is 2.44. The molecule has 0 amide bonds. The minimum atomic E-state index is -0.199. The molecule has 3 heteroatoms. The Kier molecular flexibility index (Phi) is 5.38. The predicted octanol–water partition coefficient (Wildman–Crippen LogP) is 5.26. The summed E-state index contributed by atoms with van der Waals surface area (Å²) < 4.78 is 13.6. The van der Waals surface area contributed by atoms with Crippen molar-refractivity contribution in [3.63, 3.8) is 0 Å². The van der Waals surface area contributed by atoms with Gasteiger partial charge in [-0.15, -0.1) is 0 Å². The van der Waals surface area contributed by atoms with Gasteiger partial charge in [0.15, 0.2) is 0 Å². The topological polar surface area (TPSA) is 12.0 Å². The van der Waals surface area contributed by atoms with Crippen molar-refractivity contribution >= 4 is 11.6 Å². The Labute approximate surface area is 131 Å². The molecule has 0 saturated carbocycles. The summed E-state index contributed by atoms with van der Waals surface area (Å²) >= 11 is 6.17. The zero-order valence-corrected chi connectivity index (χ0v) is 13.5. The van der Waals surface area contributed by atoms with E-state index in [2.05, 4.69) is 18.3 Å². The quantitative estimate of drug-likeness (QED) is 0.743. The summed E-state index contributed by atoms with van der Waals surface area (Å²) in [6.45, 7) is 7.74. The second kappa shape index (κ2) is 7.06. The standard InChI is InChI=1S/C18H21ClFN/c1-4-7-21-11-14-10-15(20)5-6-16(14)17-8-13(3)18(19)9-12(17)2/h5-6,8-10,21H,4,7,11H2,1-3H3. The zero-order chi connectivity index (χ0) is 15.4. The molecule has 112 valence electrons. The molecule has 0 aromatic heterocycles. The van der Waals surface area contributed by atoms with E-state index in [-0.39, 0.29) is 5.82 Å². The molecule has 0 atom stereocenters. The molecule has 21 heavy (non-hydrogen) atoms. The Balaban J connectivity index is 2.45. The summed E-state index contributed by atoms with van der Waals surface area (Å²) in [4.78, 5) is 0. The van der Waals surface area contributed by atoms with Crippen LogP contribution in [-0.2, 0) is 6.54 Å². The van der Waals surface area contributed by atoms with Crippen LogP contribution in [0.1, 0.15) is 30.0 Å². The molecule has 0 heterocycles. The lowest BCUT2D eigenvalue weighted by Crippen LogP contribution is -2.14. The molecule has 1 nitrogen and oxygen atoms in total. The van der Waals surface area contributed by atoms with E-state index in [4.69, 9.17) is 11.6 Å². The van der Waals surface area contributed by atoms with Gasteiger partial charge in [-0.25, -0.2) is 4.39 Å². The SMILES string of the molecule is CCCNCc1cc(F)ccc1-c1cc(C)c(Cl)cc1C. The van der Waals surface area contributed by atoms with Crippen LogP contribution < -0.4 is 5.32 Å². The van der Waals surface area contributed by atoms with Crippen molar-refractivity contribution in [1.82, 2.24) is 5.32 Å². The van der Waals surface area contributed by atoms with Gasteiger partial charge in [-0.2, -0.15) is 0 Å². The van der Waals surface area contributed by atoms with Crippen LogP contribution in [0.2, 0.25) is 5.02 Å². The van der Waals surface area contributed by atoms with Gasteiger partial charge in [0.1, 0.15) is 5.82 Å². The second-order valence-corrected chi connectivity index (χ2v) is 5.80. The first-order valence-corrected chi connectivity index (χ1v) is 7.67. The summed E-state index contributed by atoms with van der Waals surface area (Å²) in [5, 5.41) is 4.11. The number of rotatable bonds is 5. The Morgan fingerprint density at radius 3 is 2.52 bits per heavy atom. The Bertz CT molecular complexity index is 637. The number of hydrogen-bond donors (Lipinski definition) is 1. The highest BCUT2D eigenvalue weighted by molar-refractivity contribution is 6.31. The minimum absolute atomic E-state index is 0.199. The van der Waals surface area contributed by atoms with E-state index < -0.39 is 0 Å². The third kappa shape index (κ3) is 3.84. The first-order valence-electron chi connectivity index (χ1n) is 7.29. The van der Waals surface area contributed by atoms with Crippen LogP contribution in [0.5, 0.6) is 0 Å². The summed E-state index contributed by atoms with van der Waals surface area (Å²) in [6, 6.07) is 9.03. The predicted molar refractivity (Wildman–Crippen MR) is 88.3 cm³/mol. The van der Waals surface area contributed by atoms with E-state index in [0.717, 1.165) is 45.8 Å². The third-order valence-corrected chi connectivity index (χ3v) is 4.01. The molecule has 0 fully saturated rings. The molecular formula is C18H21ClFN. The van der Waals surface area contributed by atoms with Crippen LogP contribution in [0, 0.1) is 19.7 Å². The van der Waals surface area contributed by atoms with Crippen molar-refractivity contribution in [2.75, 3.05) is 6.54 Å². The van der Waals surface area contributed by atoms with Crippen LogP contribution in [0.15, 0.2) is 30.3 Å². The van der Waals surface area contributed by atoms with Gasteiger partial charge >= 0.3 is 0 Å². The maximum absolute atomic E-state index is 13.6.